The number of nitrogens with one attached hydrogen (secondary N) is 3. The molecule has 31 heavy (non-hydrogen) atoms. The summed E-state index contributed by atoms with van der Waals surface area (Å²) in [5.74, 6) is -0.472. The molecule has 4 aromatic rings. The number of para-hydroxylation sites is 1. The van der Waals surface area contributed by atoms with Crippen LogP contribution < -0.4 is 10.6 Å². The lowest BCUT2D eigenvalue weighted by atomic mass is 10.0. The van der Waals surface area contributed by atoms with Crippen LogP contribution in [0.15, 0.2) is 85.1 Å². The van der Waals surface area contributed by atoms with Crippen LogP contribution in [0, 0.1) is 0 Å². The summed E-state index contributed by atoms with van der Waals surface area (Å²) in [7, 11) is 0. The molecule has 0 radical (unpaired) electrons. The number of amides is 2. The second kappa shape index (κ2) is 9.30. The molecule has 0 saturated heterocycles. The molecule has 0 unspecified atom stereocenters. The largest absolute Gasteiger partial charge is 0.361 e. The molecule has 5 heteroatoms. The maximum absolute atomic E-state index is 12.4. The van der Waals surface area contributed by atoms with Crippen LogP contribution in [0.1, 0.15) is 22.8 Å². The molecule has 1 aromatic heterocycles. The number of carbonyl (C=O) groups excluding carboxylic acids is 2. The average molecular weight is 412 g/mol. The zero-order chi connectivity index (χ0) is 21.6. The van der Waals surface area contributed by atoms with Gasteiger partial charge in [-0.05, 0) is 48.2 Å². The number of H-pyrrole nitrogens is 1. The van der Waals surface area contributed by atoms with Gasteiger partial charge in [0.25, 0.3) is 5.91 Å². The first kappa shape index (κ1) is 20.4. The van der Waals surface area contributed by atoms with Gasteiger partial charge in [-0.1, -0.05) is 60.7 Å². The third-order valence-electron chi connectivity index (χ3n) is 5.27. The van der Waals surface area contributed by atoms with Crippen molar-refractivity contribution in [2.75, 3.05) is 6.54 Å². The van der Waals surface area contributed by atoms with E-state index in [9.17, 15) is 9.59 Å². The number of rotatable bonds is 7. The lowest BCUT2D eigenvalue weighted by molar-refractivity contribution is -0.120. The summed E-state index contributed by atoms with van der Waals surface area (Å²) in [4.78, 5) is 27.9. The van der Waals surface area contributed by atoms with Crippen LogP contribution in [0.2, 0.25) is 0 Å². The molecular formula is C26H25N3O2. The van der Waals surface area contributed by atoms with Crippen LogP contribution in [0.3, 0.4) is 0 Å². The van der Waals surface area contributed by atoms with Gasteiger partial charge in [-0.2, -0.15) is 0 Å². The van der Waals surface area contributed by atoms with Gasteiger partial charge in [-0.15, -0.1) is 0 Å². The van der Waals surface area contributed by atoms with Crippen molar-refractivity contribution in [2.24, 2.45) is 0 Å². The maximum atomic E-state index is 12.4. The zero-order valence-corrected chi connectivity index (χ0v) is 17.4. The van der Waals surface area contributed by atoms with E-state index in [1.54, 1.807) is 12.1 Å². The first-order chi connectivity index (χ1) is 15.1. The lowest BCUT2D eigenvalue weighted by Gasteiger charge is -2.14. The molecule has 3 N–H and O–H groups in total. The molecule has 4 rings (SSSR count). The van der Waals surface area contributed by atoms with Crippen LogP contribution in [0.4, 0.5) is 0 Å². The van der Waals surface area contributed by atoms with Crippen molar-refractivity contribution >= 4 is 22.7 Å². The molecule has 156 valence electrons. The highest BCUT2D eigenvalue weighted by atomic mass is 16.2. The molecule has 0 aliphatic carbocycles. The SMILES string of the molecule is C[C@H](Cc1c[nH]c2ccccc12)NC(=O)CNC(=O)c1ccc(-c2ccccc2)cc1. The Labute approximate surface area is 181 Å². The van der Waals surface area contributed by atoms with E-state index in [1.807, 2.05) is 73.8 Å². The predicted molar refractivity (Wildman–Crippen MR) is 124 cm³/mol. The molecule has 0 fully saturated rings. The summed E-state index contributed by atoms with van der Waals surface area (Å²) in [6, 6.07) is 25.4. The molecule has 2 amide bonds. The number of hydrogen-bond donors (Lipinski definition) is 3. The predicted octanol–water partition coefficient (Wildman–Crippen LogP) is 4.31. The summed E-state index contributed by atoms with van der Waals surface area (Å²) >= 11 is 0. The normalized spacial score (nSPS) is 11.8. The third kappa shape index (κ3) is 5.01. The number of carbonyl (C=O) groups is 2. The summed E-state index contributed by atoms with van der Waals surface area (Å²) in [5.41, 5.74) is 4.91. The van der Waals surface area contributed by atoms with E-state index in [2.05, 4.69) is 21.7 Å². The average Bonchev–Trinajstić information content (AvgIpc) is 3.21. The molecular weight excluding hydrogens is 386 g/mol. The number of aromatic amines is 1. The fourth-order valence-corrected chi connectivity index (χ4v) is 3.71. The molecule has 0 saturated carbocycles. The van der Waals surface area contributed by atoms with Gasteiger partial charge < -0.3 is 15.6 Å². The van der Waals surface area contributed by atoms with Crippen molar-refractivity contribution in [3.05, 3.63) is 96.2 Å². The topological polar surface area (TPSA) is 74.0 Å². The highest BCUT2D eigenvalue weighted by Gasteiger charge is 2.13. The van der Waals surface area contributed by atoms with Crippen LogP contribution >= 0.6 is 0 Å². The van der Waals surface area contributed by atoms with Crippen LogP contribution in [0.5, 0.6) is 0 Å². The fraction of sp³-hybridized carbons (Fsp3) is 0.154. The van der Waals surface area contributed by atoms with Gasteiger partial charge in [0.1, 0.15) is 0 Å². The van der Waals surface area contributed by atoms with Crippen molar-refractivity contribution < 1.29 is 9.59 Å². The van der Waals surface area contributed by atoms with Gasteiger partial charge in [-0.25, -0.2) is 0 Å². The van der Waals surface area contributed by atoms with E-state index in [-0.39, 0.29) is 24.4 Å². The van der Waals surface area contributed by atoms with Gasteiger partial charge in [0.05, 0.1) is 6.54 Å². The van der Waals surface area contributed by atoms with E-state index in [0.29, 0.717) is 12.0 Å². The summed E-state index contributed by atoms with van der Waals surface area (Å²) in [6.45, 7) is 1.90. The minimum atomic E-state index is -0.265. The molecule has 0 aliphatic heterocycles. The van der Waals surface area contributed by atoms with Crippen molar-refractivity contribution in [2.45, 2.75) is 19.4 Å². The summed E-state index contributed by atoms with van der Waals surface area (Å²) in [5, 5.41) is 6.81. The first-order valence-corrected chi connectivity index (χ1v) is 10.4. The number of fused-ring (bicyclic) bond motifs is 1. The fourth-order valence-electron chi connectivity index (χ4n) is 3.71. The Morgan fingerprint density at radius 2 is 1.55 bits per heavy atom. The first-order valence-electron chi connectivity index (χ1n) is 10.4. The zero-order valence-electron chi connectivity index (χ0n) is 17.4. The van der Waals surface area contributed by atoms with Gasteiger partial charge in [0.15, 0.2) is 0 Å². The van der Waals surface area contributed by atoms with Crippen LogP contribution in [-0.2, 0) is 11.2 Å². The molecule has 0 aliphatic rings. The van der Waals surface area contributed by atoms with Gasteiger partial charge >= 0.3 is 0 Å². The Morgan fingerprint density at radius 3 is 2.32 bits per heavy atom. The Kier molecular flexibility index (Phi) is 6.13. The molecule has 0 bridgehead atoms. The van der Waals surface area contributed by atoms with Gasteiger partial charge in [0, 0.05) is 28.7 Å². The number of hydrogen-bond acceptors (Lipinski definition) is 2. The maximum Gasteiger partial charge on any atom is 0.251 e. The van der Waals surface area contributed by atoms with Crippen molar-refractivity contribution in [1.29, 1.82) is 0 Å². The summed E-state index contributed by atoms with van der Waals surface area (Å²) < 4.78 is 0. The Bertz CT molecular complexity index is 1180. The quantitative estimate of drug-likeness (QED) is 0.424. The van der Waals surface area contributed by atoms with Crippen molar-refractivity contribution in [3.63, 3.8) is 0 Å². The smallest absolute Gasteiger partial charge is 0.251 e. The van der Waals surface area contributed by atoms with E-state index >= 15 is 0 Å². The van der Waals surface area contributed by atoms with E-state index < -0.39 is 0 Å². The number of benzene rings is 3. The molecule has 1 heterocycles. The Morgan fingerprint density at radius 1 is 0.871 bits per heavy atom. The molecule has 5 nitrogen and oxygen atoms in total. The number of aromatic nitrogens is 1. The summed E-state index contributed by atoms with van der Waals surface area (Å²) in [6.07, 6.45) is 2.69. The van der Waals surface area contributed by atoms with Crippen LogP contribution in [0.25, 0.3) is 22.0 Å². The highest BCUT2D eigenvalue weighted by Crippen LogP contribution is 2.20. The lowest BCUT2D eigenvalue weighted by Crippen LogP contribution is -2.41. The van der Waals surface area contributed by atoms with Gasteiger partial charge in [-0.3, -0.25) is 9.59 Å². The Balaban J connectivity index is 1.27. The van der Waals surface area contributed by atoms with Gasteiger partial charge in [0.2, 0.25) is 5.91 Å². The minimum absolute atomic E-state index is 0.0474. The second-order valence-electron chi connectivity index (χ2n) is 7.66. The second-order valence-corrected chi connectivity index (χ2v) is 7.66. The molecule has 0 spiro atoms. The van der Waals surface area contributed by atoms with Crippen molar-refractivity contribution in [1.82, 2.24) is 15.6 Å². The third-order valence-corrected chi connectivity index (χ3v) is 5.27. The van der Waals surface area contributed by atoms with E-state index in [4.69, 9.17) is 0 Å². The highest BCUT2D eigenvalue weighted by molar-refractivity contribution is 5.96. The Hall–Kier alpha value is -3.86. The molecule has 1 atom stereocenters. The minimum Gasteiger partial charge on any atom is -0.361 e. The standard InChI is InChI=1S/C26H25N3O2/c1-18(15-22-16-27-24-10-6-5-9-23(22)24)29-25(30)17-28-26(31)21-13-11-20(12-14-21)19-7-3-2-4-8-19/h2-14,16,18,27H,15,17H2,1H3,(H,28,31)(H,29,30)/t18-/m1/s1. The van der Waals surface area contributed by atoms with E-state index in [0.717, 1.165) is 27.6 Å². The van der Waals surface area contributed by atoms with Crippen molar-refractivity contribution in [3.8, 4) is 11.1 Å². The monoisotopic (exact) mass is 411 g/mol. The molecule has 3 aromatic carbocycles. The van der Waals surface area contributed by atoms with Crippen LogP contribution in [-0.4, -0.2) is 29.4 Å². The van der Waals surface area contributed by atoms with E-state index in [1.165, 1.54) is 0 Å².